The molecule has 0 aromatic heterocycles. The van der Waals surface area contributed by atoms with Gasteiger partial charge >= 0.3 is 5.97 Å². The highest BCUT2D eigenvalue weighted by Gasteiger charge is 1.89. The number of hydrogen-bond acceptors (Lipinski definition) is 2. The molecule has 25 heavy (non-hydrogen) atoms. The Bertz CT molecular complexity index is 505. The van der Waals surface area contributed by atoms with Crippen molar-refractivity contribution in [1.29, 1.82) is 0 Å². The summed E-state index contributed by atoms with van der Waals surface area (Å²) in [4.78, 5) is 10.2. The van der Waals surface area contributed by atoms with Crippen LogP contribution in [-0.2, 0) is 4.79 Å². The van der Waals surface area contributed by atoms with E-state index in [2.05, 4.69) is 6.92 Å². The van der Waals surface area contributed by atoms with E-state index in [1.807, 2.05) is 6.08 Å². The minimum absolute atomic E-state index is 0.243. The van der Waals surface area contributed by atoms with Gasteiger partial charge in [-0.1, -0.05) is 94.1 Å². The Morgan fingerprint density at radius 1 is 0.720 bits per heavy atom. The summed E-state index contributed by atoms with van der Waals surface area (Å²) in [5.74, 6) is -0.721. The average Bonchev–Trinajstić information content (AvgIpc) is 2.58. The zero-order valence-electron chi connectivity index (χ0n) is 15.3. The largest absolute Gasteiger partial charge is 0.508 e. The molecule has 3 heteroatoms. The fraction of sp³-hybridized carbons (Fsp3) is 0.409. The predicted molar refractivity (Wildman–Crippen MR) is 107 cm³/mol. The third kappa shape index (κ3) is 19.7. The highest BCUT2D eigenvalue weighted by Crippen LogP contribution is 2.08. The summed E-state index contributed by atoms with van der Waals surface area (Å²) < 4.78 is 0. The monoisotopic (exact) mass is 344 g/mol. The molecule has 0 radical (unpaired) electrons. The summed E-state index contributed by atoms with van der Waals surface area (Å²) >= 11 is 0. The third-order valence-corrected chi connectivity index (χ3v) is 3.44. The van der Waals surface area contributed by atoms with Gasteiger partial charge in [-0.25, -0.2) is 4.79 Å². The Morgan fingerprint density at radius 2 is 1.28 bits per heavy atom. The molecule has 0 unspecified atom stereocenters. The van der Waals surface area contributed by atoms with Crippen molar-refractivity contribution < 1.29 is 15.0 Å². The Morgan fingerprint density at radius 3 is 1.92 bits per heavy atom. The van der Waals surface area contributed by atoms with E-state index >= 15 is 0 Å². The second-order valence-corrected chi connectivity index (χ2v) is 5.76. The van der Waals surface area contributed by atoms with Gasteiger partial charge in [0, 0.05) is 6.08 Å². The molecule has 0 saturated carbocycles. The first kappa shape index (κ1) is 22.7. The first-order chi connectivity index (χ1) is 12.2. The molecule has 0 amide bonds. The molecule has 0 aliphatic rings. The molecule has 0 aliphatic carbocycles. The van der Waals surface area contributed by atoms with Crippen molar-refractivity contribution in [2.45, 2.75) is 58.3 Å². The molecule has 0 aromatic rings. The SMILES string of the molecule is CCCCCCCCCC=CC(O)=CC=CC=CC=CC=CC(=O)O. The maximum absolute atomic E-state index is 10.2. The molecule has 0 fully saturated rings. The van der Waals surface area contributed by atoms with Crippen LogP contribution in [0.25, 0.3) is 0 Å². The number of rotatable bonds is 14. The lowest BCUT2D eigenvalue weighted by Crippen LogP contribution is -1.84. The van der Waals surface area contributed by atoms with E-state index in [0.717, 1.165) is 12.5 Å². The van der Waals surface area contributed by atoms with Crippen molar-refractivity contribution in [1.82, 2.24) is 0 Å². The molecule has 0 heterocycles. The first-order valence-electron chi connectivity index (χ1n) is 9.13. The summed E-state index contributed by atoms with van der Waals surface area (Å²) in [6.07, 6.45) is 28.5. The van der Waals surface area contributed by atoms with Gasteiger partial charge in [-0.05, 0) is 25.0 Å². The van der Waals surface area contributed by atoms with Gasteiger partial charge in [-0.2, -0.15) is 0 Å². The highest BCUT2D eigenvalue weighted by atomic mass is 16.4. The van der Waals surface area contributed by atoms with Gasteiger partial charge in [-0.3, -0.25) is 0 Å². The van der Waals surface area contributed by atoms with Crippen molar-refractivity contribution in [2.75, 3.05) is 0 Å². The van der Waals surface area contributed by atoms with Gasteiger partial charge < -0.3 is 10.2 Å². The van der Waals surface area contributed by atoms with Crippen LogP contribution in [0.3, 0.4) is 0 Å². The number of aliphatic carboxylic acids is 1. The molecule has 0 saturated heterocycles. The maximum Gasteiger partial charge on any atom is 0.328 e. The topological polar surface area (TPSA) is 57.5 Å². The summed E-state index contributed by atoms with van der Waals surface area (Å²) in [5, 5.41) is 18.1. The van der Waals surface area contributed by atoms with E-state index in [-0.39, 0.29) is 5.76 Å². The molecule has 0 spiro atoms. The van der Waals surface area contributed by atoms with Crippen LogP contribution in [0.15, 0.2) is 72.6 Å². The second kappa shape index (κ2) is 18.1. The third-order valence-electron chi connectivity index (χ3n) is 3.44. The van der Waals surface area contributed by atoms with Crippen molar-refractivity contribution >= 4 is 5.97 Å². The van der Waals surface area contributed by atoms with Crippen LogP contribution >= 0.6 is 0 Å². The lowest BCUT2D eigenvalue weighted by molar-refractivity contribution is -0.131. The number of aliphatic hydroxyl groups excluding tert-OH is 1. The molecule has 0 bridgehead atoms. The second-order valence-electron chi connectivity index (χ2n) is 5.76. The molecule has 138 valence electrons. The number of carboxylic acids is 1. The summed E-state index contributed by atoms with van der Waals surface area (Å²) in [7, 11) is 0. The number of hydrogen-bond donors (Lipinski definition) is 2. The quantitative estimate of drug-likeness (QED) is 0.165. The van der Waals surface area contributed by atoms with Crippen LogP contribution in [-0.4, -0.2) is 16.2 Å². The van der Waals surface area contributed by atoms with Crippen LogP contribution in [0.2, 0.25) is 0 Å². The van der Waals surface area contributed by atoms with Gasteiger partial charge in [0.05, 0.1) is 0 Å². The van der Waals surface area contributed by atoms with E-state index in [1.54, 1.807) is 48.6 Å². The number of carboxylic acid groups (broad SMARTS) is 1. The van der Waals surface area contributed by atoms with Gasteiger partial charge in [0.15, 0.2) is 0 Å². The molecule has 0 atom stereocenters. The molecule has 0 rings (SSSR count). The standard InChI is InChI=1S/C22H32O3/c1-2-3-4-5-6-7-9-12-15-18-21(23)19-16-13-10-8-11-14-17-20-22(24)25/h8,10-11,13-20,23H,2-7,9,12H2,1H3,(H,24,25). The summed E-state index contributed by atoms with van der Waals surface area (Å²) in [6, 6.07) is 0. The fourth-order valence-corrected chi connectivity index (χ4v) is 2.09. The molecule has 0 aliphatic heterocycles. The van der Waals surface area contributed by atoms with E-state index in [0.29, 0.717) is 0 Å². The van der Waals surface area contributed by atoms with E-state index < -0.39 is 5.97 Å². The first-order valence-corrected chi connectivity index (χ1v) is 9.13. The Kier molecular flexibility index (Phi) is 16.4. The van der Waals surface area contributed by atoms with E-state index in [4.69, 9.17) is 5.11 Å². The van der Waals surface area contributed by atoms with Crippen LogP contribution in [0.1, 0.15) is 58.3 Å². The molecule has 2 N–H and O–H groups in total. The van der Waals surface area contributed by atoms with Gasteiger partial charge in [-0.15, -0.1) is 0 Å². The summed E-state index contributed by atoms with van der Waals surface area (Å²) in [5.41, 5.74) is 0. The molecule has 3 nitrogen and oxygen atoms in total. The fourth-order valence-electron chi connectivity index (χ4n) is 2.09. The van der Waals surface area contributed by atoms with E-state index in [1.165, 1.54) is 51.0 Å². The molecular formula is C22H32O3. The van der Waals surface area contributed by atoms with Crippen molar-refractivity contribution in [3.8, 4) is 0 Å². The number of allylic oxidation sites excluding steroid dienone is 10. The van der Waals surface area contributed by atoms with Gasteiger partial charge in [0.1, 0.15) is 5.76 Å². The molecular weight excluding hydrogens is 312 g/mol. The van der Waals surface area contributed by atoms with Crippen molar-refractivity contribution in [2.24, 2.45) is 0 Å². The highest BCUT2D eigenvalue weighted by molar-refractivity contribution is 5.80. The zero-order valence-corrected chi connectivity index (χ0v) is 15.3. The van der Waals surface area contributed by atoms with Crippen molar-refractivity contribution in [3.63, 3.8) is 0 Å². The number of carbonyl (C=O) groups is 1. The minimum Gasteiger partial charge on any atom is -0.508 e. The lowest BCUT2D eigenvalue weighted by Gasteiger charge is -1.98. The van der Waals surface area contributed by atoms with Gasteiger partial charge in [0.25, 0.3) is 0 Å². The van der Waals surface area contributed by atoms with Crippen LogP contribution in [0.5, 0.6) is 0 Å². The smallest absolute Gasteiger partial charge is 0.328 e. The predicted octanol–water partition coefficient (Wildman–Crippen LogP) is 6.43. The maximum atomic E-state index is 10.2. The zero-order chi connectivity index (χ0) is 18.6. The Labute approximate surface area is 152 Å². The van der Waals surface area contributed by atoms with E-state index in [9.17, 15) is 9.90 Å². The number of unbranched alkanes of at least 4 members (excludes halogenated alkanes) is 7. The van der Waals surface area contributed by atoms with Crippen molar-refractivity contribution in [3.05, 3.63) is 72.6 Å². The minimum atomic E-state index is -0.964. The average molecular weight is 344 g/mol. The van der Waals surface area contributed by atoms with Crippen LogP contribution < -0.4 is 0 Å². The molecule has 0 aromatic carbocycles. The lowest BCUT2D eigenvalue weighted by atomic mass is 10.1. The van der Waals surface area contributed by atoms with Gasteiger partial charge in [0.2, 0.25) is 0 Å². The number of aliphatic hydroxyl groups is 1. The Hall–Kier alpha value is -2.29. The normalized spacial score (nSPS) is 13.4. The van der Waals surface area contributed by atoms with Crippen LogP contribution in [0, 0.1) is 0 Å². The Balaban J connectivity index is 3.80. The van der Waals surface area contributed by atoms with Crippen LogP contribution in [0.4, 0.5) is 0 Å². The summed E-state index contributed by atoms with van der Waals surface area (Å²) in [6.45, 7) is 2.23.